The summed E-state index contributed by atoms with van der Waals surface area (Å²) in [6, 6.07) is 1.87. The average molecular weight is 215 g/mol. The standard InChI is InChI=1S/C9H9N7/c1-16-3-2-6(15-16)14-9-7-8(11-4-10-7)12-5-13-9/h2-5H,1H3,(H2,10,11,12,13,14,15). The van der Waals surface area contributed by atoms with Crippen LogP contribution in [0, 0.1) is 0 Å². The lowest BCUT2D eigenvalue weighted by atomic mass is 10.5. The Morgan fingerprint density at radius 3 is 3.06 bits per heavy atom. The van der Waals surface area contributed by atoms with E-state index in [1.165, 1.54) is 6.33 Å². The zero-order chi connectivity index (χ0) is 11.0. The van der Waals surface area contributed by atoms with Crippen molar-refractivity contribution in [2.75, 3.05) is 5.32 Å². The Kier molecular flexibility index (Phi) is 1.82. The van der Waals surface area contributed by atoms with E-state index in [1.807, 2.05) is 19.3 Å². The van der Waals surface area contributed by atoms with Gasteiger partial charge in [0.1, 0.15) is 11.8 Å². The van der Waals surface area contributed by atoms with Crippen LogP contribution in [0.25, 0.3) is 11.2 Å². The maximum absolute atomic E-state index is 4.21. The van der Waals surface area contributed by atoms with Crippen LogP contribution in [0.1, 0.15) is 0 Å². The van der Waals surface area contributed by atoms with Crippen LogP contribution in [0.3, 0.4) is 0 Å². The molecule has 0 aliphatic carbocycles. The van der Waals surface area contributed by atoms with Crippen LogP contribution < -0.4 is 5.32 Å². The van der Waals surface area contributed by atoms with Gasteiger partial charge in [-0.05, 0) is 0 Å². The van der Waals surface area contributed by atoms with E-state index in [4.69, 9.17) is 0 Å². The molecule has 0 fully saturated rings. The summed E-state index contributed by atoms with van der Waals surface area (Å²) < 4.78 is 1.72. The third kappa shape index (κ3) is 1.38. The Morgan fingerprint density at radius 2 is 2.25 bits per heavy atom. The fraction of sp³-hybridized carbons (Fsp3) is 0.111. The number of hydrogen-bond donors (Lipinski definition) is 2. The minimum absolute atomic E-state index is 0.633. The molecule has 0 aliphatic heterocycles. The average Bonchev–Trinajstić information content (AvgIpc) is 2.87. The lowest BCUT2D eigenvalue weighted by Gasteiger charge is -2.01. The molecule has 3 heterocycles. The van der Waals surface area contributed by atoms with Crippen LogP contribution in [-0.2, 0) is 7.05 Å². The van der Waals surface area contributed by atoms with Gasteiger partial charge >= 0.3 is 0 Å². The number of fused-ring (bicyclic) bond motifs is 1. The van der Waals surface area contributed by atoms with E-state index in [0.29, 0.717) is 11.5 Å². The molecule has 0 bridgehead atoms. The molecule has 0 atom stereocenters. The van der Waals surface area contributed by atoms with Gasteiger partial charge in [-0.3, -0.25) is 4.68 Å². The monoisotopic (exact) mass is 215 g/mol. The smallest absolute Gasteiger partial charge is 0.182 e. The number of aryl methyl sites for hydroxylation is 1. The van der Waals surface area contributed by atoms with E-state index in [-0.39, 0.29) is 0 Å². The number of imidazole rings is 1. The second-order valence-corrected chi connectivity index (χ2v) is 3.32. The van der Waals surface area contributed by atoms with E-state index in [1.54, 1.807) is 11.0 Å². The van der Waals surface area contributed by atoms with Crippen molar-refractivity contribution in [3.05, 3.63) is 24.9 Å². The first-order chi connectivity index (χ1) is 7.83. The number of anilines is 2. The van der Waals surface area contributed by atoms with Crippen molar-refractivity contribution in [2.45, 2.75) is 0 Å². The Hall–Kier alpha value is -2.44. The summed E-state index contributed by atoms with van der Waals surface area (Å²) >= 11 is 0. The first-order valence-corrected chi connectivity index (χ1v) is 4.74. The van der Waals surface area contributed by atoms with E-state index >= 15 is 0 Å². The molecular formula is C9H9N7. The van der Waals surface area contributed by atoms with Crippen molar-refractivity contribution in [1.82, 2.24) is 29.7 Å². The zero-order valence-corrected chi connectivity index (χ0v) is 8.55. The summed E-state index contributed by atoms with van der Waals surface area (Å²) in [5.74, 6) is 1.40. The van der Waals surface area contributed by atoms with Gasteiger partial charge in [0.15, 0.2) is 17.3 Å². The van der Waals surface area contributed by atoms with Gasteiger partial charge in [-0.1, -0.05) is 0 Å². The summed E-state index contributed by atoms with van der Waals surface area (Å²) in [6.45, 7) is 0. The number of nitrogens with one attached hydrogen (secondary N) is 2. The summed E-state index contributed by atoms with van der Waals surface area (Å²) in [5, 5.41) is 7.31. The maximum Gasteiger partial charge on any atom is 0.182 e. The van der Waals surface area contributed by atoms with Crippen molar-refractivity contribution in [2.24, 2.45) is 7.05 Å². The molecule has 3 rings (SSSR count). The van der Waals surface area contributed by atoms with Crippen LogP contribution >= 0.6 is 0 Å². The Morgan fingerprint density at radius 1 is 1.31 bits per heavy atom. The van der Waals surface area contributed by atoms with E-state index in [9.17, 15) is 0 Å². The summed E-state index contributed by atoms with van der Waals surface area (Å²) in [5.41, 5.74) is 1.40. The van der Waals surface area contributed by atoms with Crippen LogP contribution in [0.15, 0.2) is 24.9 Å². The fourth-order valence-electron chi connectivity index (χ4n) is 1.46. The zero-order valence-electron chi connectivity index (χ0n) is 8.55. The molecule has 0 spiro atoms. The SMILES string of the molecule is Cn1ccc(Nc2ncnc3nc[nH]c23)n1. The van der Waals surface area contributed by atoms with Gasteiger partial charge in [-0.25, -0.2) is 15.0 Å². The van der Waals surface area contributed by atoms with Crippen LogP contribution in [-0.4, -0.2) is 29.7 Å². The van der Waals surface area contributed by atoms with Gasteiger partial charge in [0.05, 0.1) is 6.33 Å². The van der Waals surface area contributed by atoms with Crippen LogP contribution in [0.5, 0.6) is 0 Å². The van der Waals surface area contributed by atoms with Crippen molar-refractivity contribution >= 4 is 22.8 Å². The van der Waals surface area contributed by atoms with E-state index < -0.39 is 0 Å². The first kappa shape index (κ1) is 8.84. The maximum atomic E-state index is 4.21. The second kappa shape index (κ2) is 3.30. The highest BCUT2D eigenvalue weighted by atomic mass is 15.3. The summed E-state index contributed by atoms with van der Waals surface area (Å²) in [6.07, 6.45) is 4.91. The molecule has 7 heteroatoms. The molecule has 16 heavy (non-hydrogen) atoms. The van der Waals surface area contributed by atoms with Gasteiger partial charge < -0.3 is 10.3 Å². The highest BCUT2D eigenvalue weighted by Gasteiger charge is 2.06. The summed E-state index contributed by atoms with van der Waals surface area (Å²) in [4.78, 5) is 15.2. The third-order valence-corrected chi connectivity index (χ3v) is 2.18. The quantitative estimate of drug-likeness (QED) is 0.661. The van der Waals surface area contributed by atoms with Gasteiger partial charge in [0.25, 0.3) is 0 Å². The highest BCUT2D eigenvalue weighted by molar-refractivity contribution is 5.83. The fourth-order valence-corrected chi connectivity index (χ4v) is 1.46. The third-order valence-electron chi connectivity index (χ3n) is 2.18. The number of rotatable bonds is 2. The number of hydrogen-bond acceptors (Lipinski definition) is 5. The number of nitrogens with zero attached hydrogens (tertiary/aromatic N) is 5. The molecule has 3 aromatic rings. The molecule has 0 amide bonds. The predicted molar refractivity (Wildman–Crippen MR) is 58.2 cm³/mol. The molecule has 0 aliphatic rings. The molecule has 80 valence electrons. The highest BCUT2D eigenvalue weighted by Crippen LogP contribution is 2.18. The normalized spacial score (nSPS) is 10.8. The molecule has 7 nitrogen and oxygen atoms in total. The van der Waals surface area contributed by atoms with Gasteiger partial charge in [0, 0.05) is 19.3 Å². The molecule has 0 saturated carbocycles. The summed E-state index contributed by atoms with van der Waals surface area (Å²) in [7, 11) is 1.86. The molecule has 0 unspecified atom stereocenters. The minimum atomic E-state index is 0.633. The Bertz CT molecular complexity index is 623. The van der Waals surface area contributed by atoms with Gasteiger partial charge in [0.2, 0.25) is 0 Å². The molecule has 0 saturated heterocycles. The Labute approximate surface area is 90.6 Å². The van der Waals surface area contributed by atoms with Gasteiger partial charge in [-0.2, -0.15) is 5.10 Å². The molecule has 0 radical (unpaired) electrons. The minimum Gasteiger partial charge on any atom is -0.340 e. The topological polar surface area (TPSA) is 84.3 Å². The predicted octanol–water partition coefficient (Wildman–Crippen LogP) is 0.830. The van der Waals surface area contributed by atoms with Crippen LogP contribution in [0.4, 0.5) is 11.6 Å². The Balaban J connectivity index is 2.03. The van der Waals surface area contributed by atoms with Crippen molar-refractivity contribution < 1.29 is 0 Å². The van der Waals surface area contributed by atoms with Crippen molar-refractivity contribution in [3.63, 3.8) is 0 Å². The molecule has 0 aromatic carbocycles. The molecular weight excluding hydrogens is 206 g/mol. The number of H-pyrrole nitrogens is 1. The lowest BCUT2D eigenvalue weighted by molar-refractivity contribution is 0.771. The van der Waals surface area contributed by atoms with E-state index in [2.05, 4.69) is 30.4 Å². The largest absolute Gasteiger partial charge is 0.340 e. The number of aromatic nitrogens is 6. The molecule has 2 N–H and O–H groups in total. The first-order valence-electron chi connectivity index (χ1n) is 4.74. The van der Waals surface area contributed by atoms with Gasteiger partial charge in [-0.15, -0.1) is 0 Å². The van der Waals surface area contributed by atoms with E-state index in [0.717, 1.165) is 11.3 Å². The van der Waals surface area contributed by atoms with Crippen LogP contribution in [0.2, 0.25) is 0 Å². The second-order valence-electron chi connectivity index (χ2n) is 3.32. The lowest BCUT2D eigenvalue weighted by Crippen LogP contribution is -1.97. The van der Waals surface area contributed by atoms with Crippen molar-refractivity contribution in [1.29, 1.82) is 0 Å². The number of aromatic amines is 1. The van der Waals surface area contributed by atoms with Crippen molar-refractivity contribution in [3.8, 4) is 0 Å². The molecule has 3 aromatic heterocycles.